The Hall–Kier alpha value is -2.83. The fourth-order valence-electron chi connectivity index (χ4n) is 1.89. The summed E-state index contributed by atoms with van der Waals surface area (Å²) in [7, 11) is 1.28. The molecule has 1 heterocycles. The number of nitrogen functional groups attached to an aromatic ring is 1. The van der Waals surface area contributed by atoms with E-state index in [4.69, 9.17) is 5.73 Å². The zero-order valence-corrected chi connectivity index (χ0v) is 11.8. The maximum Gasteiger partial charge on any atom is 0.339 e. The van der Waals surface area contributed by atoms with Crippen molar-refractivity contribution in [1.82, 2.24) is 10.2 Å². The molecule has 7 nitrogen and oxygen atoms in total. The van der Waals surface area contributed by atoms with E-state index in [1.165, 1.54) is 7.11 Å². The van der Waals surface area contributed by atoms with Gasteiger partial charge >= 0.3 is 5.97 Å². The number of aromatic amines is 1. The van der Waals surface area contributed by atoms with Gasteiger partial charge in [-0.15, -0.1) is 0 Å². The molecule has 0 saturated heterocycles. The number of aryl methyl sites for hydroxylation is 1. The van der Waals surface area contributed by atoms with E-state index in [9.17, 15) is 9.59 Å². The first-order chi connectivity index (χ1) is 10.1. The molecule has 0 saturated carbocycles. The van der Waals surface area contributed by atoms with Crippen molar-refractivity contribution in [2.24, 2.45) is 0 Å². The number of aromatic nitrogens is 2. The molecule has 0 aliphatic heterocycles. The van der Waals surface area contributed by atoms with Crippen LogP contribution in [0.5, 0.6) is 0 Å². The zero-order chi connectivity index (χ0) is 15.4. The van der Waals surface area contributed by atoms with Crippen LogP contribution in [0.3, 0.4) is 0 Å². The number of esters is 1. The smallest absolute Gasteiger partial charge is 0.339 e. The Kier molecular flexibility index (Phi) is 4.22. The molecule has 1 aromatic carbocycles. The number of hydrogen-bond acceptors (Lipinski definition) is 5. The van der Waals surface area contributed by atoms with Crippen molar-refractivity contribution in [2.45, 2.75) is 13.3 Å². The molecule has 0 radical (unpaired) electrons. The molecular formula is C14H16N4O3. The molecule has 0 bridgehead atoms. The normalized spacial score (nSPS) is 10.2. The molecule has 1 aromatic heterocycles. The summed E-state index contributed by atoms with van der Waals surface area (Å²) in [6.45, 7) is 1.90. The van der Waals surface area contributed by atoms with Crippen molar-refractivity contribution in [3.05, 3.63) is 41.2 Å². The molecule has 0 unspecified atom stereocenters. The van der Waals surface area contributed by atoms with Crippen LogP contribution in [0.2, 0.25) is 0 Å². The monoisotopic (exact) mass is 288 g/mol. The fraction of sp³-hybridized carbons (Fsp3) is 0.214. The molecule has 1 amide bonds. The number of methoxy groups -OCH3 is 1. The topological polar surface area (TPSA) is 110 Å². The highest BCUT2D eigenvalue weighted by molar-refractivity contribution is 6.09. The van der Waals surface area contributed by atoms with Crippen molar-refractivity contribution >= 4 is 23.3 Å². The first-order valence-corrected chi connectivity index (χ1v) is 6.39. The van der Waals surface area contributed by atoms with Crippen LogP contribution in [0.15, 0.2) is 24.3 Å². The second kappa shape index (κ2) is 6.08. The Morgan fingerprint density at radius 1 is 1.38 bits per heavy atom. The molecule has 0 atom stereocenters. The van der Waals surface area contributed by atoms with Crippen molar-refractivity contribution in [3.8, 4) is 0 Å². The number of rotatable bonds is 4. The Labute approximate surface area is 121 Å². The summed E-state index contributed by atoms with van der Waals surface area (Å²) in [6.07, 6.45) is 0.644. The van der Waals surface area contributed by atoms with E-state index < -0.39 is 11.9 Å². The van der Waals surface area contributed by atoms with E-state index in [0.29, 0.717) is 23.5 Å². The summed E-state index contributed by atoms with van der Waals surface area (Å²) < 4.78 is 4.67. The number of H-pyrrole nitrogens is 1. The predicted octanol–water partition coefficient (Wildman–Crippen LogP) is 1.59. The lowest BCUT2D eigenvalue weighted by Crippen LogP contribution is -2.17. The highest BCUT2D eigenvalue weighted by atomic mass is 16.5. The van der Waals surface area contributed by atoms with Crippen molar-refractivity contribution < 1.29 is 14.3 Å². The lowest BCUT2D eigenvalue weighted by atomic mass is 10.1. The van der Waals surface area contributed by atoms with Crippen LogP contribution < -0.4 is 11.1 Å². The maximum atomic E-state index is 12.2. The standard InChI is InChI=1S/C14H16N4O3/c1-3-9-11(15)12(18-17-9)13(19)16-10-7-5-4-6-8(10)14(20)21-2/h4-7H,3,15H2,1-2H3,(H,16,19)(H,17,18). The van der Waals surface area contributed by atoms with Gasteiger partial charge in [0, 0.05) is 0 Å². The number of amides is 1. The number of para-hydroxylation sites is 1. The van der Waals surface area contributed by atoms with Gasteiger partial charge in [-0.05, 0) is 18.6 Å². The first-order valence-electron chi connectivity index (χ1n) is 6.39. The molecule has 7 heteroatoms. The number of hydrogen-bond donors (Lipinski definition) is 3. The van der Waals surface area contributed by atoms with E-state index in [0.717, 1.165) is 0 Å². The van der Waals surface area contributed by atoms with E-state index in [2.05, 4.69) is 20.3 Å². The fourth-order valence-corrected chi connectivity index (χ4v) is 1.89. The van der Waals surface area contributed by atoms with Crippen LogP contribution in [-0.2, 0) is 11.2 Å². The van der Waals surface area contributed by atoms with Crippen LogP contribution in [0.25, 0.3) is 0 Å². The van der Waals surface area contributed by atoms with Gasteiger partial charge in [0.1, 0.15) is 0 Å². The van der Waals surface area contributed by atoms with Crippen molar-refractivity contribution in [2.75, 3.05) is 18.2 Å². The number of nitrogens with two attached hydrogens (primary N) is 1. The van der Waals surface area contributed by atoms with Crippen LogP contribution in [0.4, 0.5) is 11.4 Å². The Bertz CT molecular complexity index is 679. The number of carbonyl (C=O) groups is 2. The van der Waals surface area contributed by atoms with Crippen LogP contribution in [0, 0.1) is 0 Å². The number of nitrogens with one attached hydrogen (secondary N) is 2. The van der Waals surface area contributed by atoms with Gasteiger partial charge in [0.05, 0.1) is 29.7 Å². The third kappa shape index (κ3) is 2.86. The second-order valence-electron chi connectivity index (χ2n) is 4.31. The molecule has 0 aliphatic rings. The lowest BCUT2D eigenvalue weighted by Gasteiger charge is -2.08. The Balaban J connectivity index is 2.28. The van der Waals surface area contributed by atoms with Gasteiger partial charge in [-0.1, -0.05) is 19.1 Å². The summed E-state index contributed by atoms with van der Waals surface area (Å²) in [5, 5.41) is 9.23. The SMILES string of the molecule is CCc1[nH]nc(C(=O)Nc2ccccc2C(=O)OC)c1N. The molecule has 0 aliphatic carbocycles. The van der Waals surface area contributed by atoms with E-state index >= 15 is 0 Å². The Morgan fingerprint density at radius 2 is 2.10 bits per heavy atom. The number of carbonyl (C=O) groups excluding carboxylic acids is 2. The van der Waals surface area contributed by atoms with Gasteiger partial charge in [0.25, 0.3) is 5.91 Å². The van der Waals surface area contributed by atoms with Crippen LogP contribution >= 0.6 is 0 Å². The van der Waals surface area contributed by atoms with Crippen LogP contribution in [-0.4, -0.2) is 29.2 Å². The van der Waals surface area contributed by atoms with Crippen molar-refractivity contribution in [1.29, 1.82) is 0 Å². The highest BCUT2D eigenvalue weighted by Gasteiger charge is 2.19. The van der Waals surface area contributed by atoms with Crippen LogP contribution in [0.1, 0.15) is 33.5 Å². The number of benzene rings is 1. The number of ether oxygens (including phenoxy) is 1. The molecule has 4 N–H and O–H groups in total. The van der Waals surface area contributed by atoms with Gasteiger partial charge < -0.3 is 15.8 Å². The van der Waals surface area contributed by atoms with Gasteiger partial charge in [0.2, 0.25) is 0 Å². The molecule has 2 aromatic rings. The Morgan fingerprint density at radius 3 is 2.71 bits per heavy atom. The quantitative estimate of drug-likeness (QED) is 0.740. The molecule has 110 valence electrons. The molecule has 0 fully saturated rings. The summed E-state index contributed by atoms with van der Waals surface area (Å²) in [5.41, 5.74) is 7.56. The third-order valence-corrected chi connectivity index (χ3v) is 3.03. The van der Waals surface area contributed by atoms with E-state index in [1.54, 1.807) is 24.3 Å². The summed E-state index contributed by atoms with van der Waals surface area (Å²) >= 11 is 0. The average molecular weight is 288 g/mol. The maximum absolute atomic E-state index is 12.2. The van der Waals surface area contributed by atoms with Gasteiger partial charge in [0.15, 0.2) is 5.69 Å². The molecule has 21 heavy (non-hydrogen) atoms. The lowest BCUT2D eigenvalue weighted by molar-refractivity contribution is 0.0602. The second-order valence-corrected chi connectivity index (χ2v) is 4.31. The minimum Gasteiger partial charge on any atom is -0.465 e. The minimum absolute atomic E-state index is 0.103. The summed E-state index contributed by atoms with van der Waals surface area (Å²) in [4.78, 5) is 23.9. The van der Waals surface area contributed by atoms with E-state index in [1.807, 2.05) is 6.92 Å². The first kappa shape index (κ1) is 14.6. The van der Waals surface area contributed by atoms with E-state index in [-0.39, 0.29) is 11.3 Å². The summed E-state index contributed by atoms with van der Waals surface area (Å²) in [6, 6.07) is 6.55. The average Bonchev–Trinajstić information content (AvgIpc) is 2.88. The number of anilines is 2. The summed E-state index contributed by atoms with van der Waals surface area (Å²) in [5.74, 6) is -1.02. The highest BCUT2D eigenvalue weighted by Crippen LogP contribution is 2.19. The van der Waals surface area contributed by atoms with Gasteiger partial charge in [-0.2, -0.15) is 5.10 Å². The van der Waals surface area contributed by atoms with Gasteiger partial charge in [-0.25, -0.2) is 4.79 Å². The largest absolute Gasteiger partial charge is 0.465 e. The minimum atomic E-state index is -0.532. The molecule has 0 spiro atoms. The van der Waals surface area contributed by atoms with Crippen molar-refractivity contribution in [3.63, 3.8) is 0 Å². The molecular weight excluding hydrogens is 272 g/mol. The molecule has 2 rings (SSSR count). The predicted molar refractivity (Wildman–Crippen MR) is 78.1 cm³/mol. The zero-order valence-electron chi connectivity index (χ0n) is 11.8. The third-order valence-electron chi connectivity index (χ3n) is 3.03. The van der Waals surface area contributed by atoms with Gasteiger partial charge in [-0.3, -0.25) is 9.89 Å². The number of nitrogens with zero attached hydrogens (tertiary/aromatic N) is 1.